The molecule has 1 N–H and O–H groups in total. The average Bonchev–Trinajstić information content (AvgIpc) is 3.04. The molecule has 1 amide bonds. The molecule has 1 aromatic heterocycles. The van der Waals surface area contributed by atoms with Crippen molar-refractivity contribution >= 4 is 11.9 Å². The summed E-state index contributed by atoms with van der Waals surface area (Å²) >= 11 is 0. The van der Waals surface area contributed by atoms with Crippen LogP contribution in [0.2, 0.25) is 0 Å². The minimum atomic E-state index is -0.921. The molecule has 1 aromatic rings. The van der Waals surface area contributed by atoms with Crippen LogP contribution < -0.4 is 0 Å². The summed E-state index contributed by atoms with van der Waals surface area (Å²) in [6.07, 6.45) is 4.55. The molecule has 3 rings (SSSR count). The number of carbonyl (C=O) groups excluding carboxylic acids is 1. The molecule has 1 atom stereocenters. The van der Waals surface area contributed by atoms with Gasteiger partial charge in [0, 0.05) is 18.9 Å². The number of hydrogen-bond acceptors (Lipinski definition) is 4. The molecule has 0 unspecified atom stereocenters. The van der Waals surface area contributed by atoms with Crippen molar-refractivity contribution in [3.63, 3.8) is 0 Å². The second-order valence-electron chi connectivity index (χ2n) is 8.12. The van der Waals surface area contributed by atoms with Crippen LogP contribution in [0.3, 0.4) is 0 Å². The standard InChI is InChI=1S/C20H30N2O4/c1-15(17-4-3-16(2)26-17)6-10-21-11-8-20(9-12-21)7-5-18(23)22(14-20)13-19(24)25/h3-4,15H,5-14H2,1-2H3,(H,24,25)/t15-/m1/s1. The maximum atomic E-state index is 12.0. The number of carbonyl (C=O) groups is 2. The zero-order valence-electron chi connectivity index (χ0n) is 15.9. The highest BCUT2D eigenvalue weighted by Crippen LogP contribution is 2.40. The van der Waals surface area contributed by atoms with E-state index in [1.54, 1.807) is 4.90 Å². The van der Waals surface area contributed by atoms with Gasteiger partial charge in [0.1, 0.15) is 18.1 Å². The summed E-state index contributed by atoms with van der Waals surface area (Å²) < 4.78 is 5.72. The lowest BCUT2D eigenvalue weighted by atomic mass is 9.72. The molecule has 0 bridgehead atoms. The van der Waals surface area contributed by atoms with Crippen molar-refractivity contribution in [3.05, 3.63) is 23.7 Å². The first kappa shape index (κ1) is 19.0. The molecular weight excluding hydrogens is 332 g/mol. The smallest absolute Gasteiger partial charge is 0.323 e. The number of likely N-dealkylation sites (tertiary alicyclic amines) is 2. The Hall–Kier alpha value is -1.82. The zero-order chi connectivity index (χ0) is 18.7. The van der Waals surface area contributed by atoms with Gasteiger partial charge >= 0.3 is 5.97 Å². The van der Waals surface area contributed by atoms with Crippen LogP contribution >= 0.6 is 0 Å². The Morgan fingerprint density at radius 2 is 2.04 bits per heavy atom. The van der Waals surface area contributed by atoms with E-state index in [-0.39, 0.29) is 17.9 Å². The Morgan fingerprint density at radius 3 is 2.65 bits per heavy atom. The fourth-order valence-electron chi connectivity index (χ4n) is 4.31. The Bertz CT molecular complexity index is 646. The zero-order valence-corrected chi connectivity index (χ0v) is 15.9. The quantitative estimate of drug-likeness (QED) is 0.842. The average molecular weight is 362 g/mol. The van der Waals surface area contributed by atoms with Gasteiger partial charge in [0.2, 0.25) is 5.91 Å². The Kier molecular flexibility index (Phi) is 5.70. The minimum absolute atomic E-state index is 0.0111. The molecule has 0 aliphatic carbocycles. The van der Waals surface area contributed by atoms with Gasteiger partial charge in [0.15, 0.2) is 0 Å². The molecular formula is C20H30N2O4. The van der Waals surface area contributed by atoms with Gasteiger partial charge < -0.3 is 19.3 Å². The van der Waals surface area contributed by atoms with E-state index < -0.39 is 5.97 Å². The van der Waals surface area contributed by atoms with E-state index >= 15 is 0 Å². The molecule has 2 saturated heterocycles. The SMILES string of the molecule is Cc1ccc([C@H](C)CCN2CCC3(CCC(=O)N(CC(=O)O)C3)CC2)o1. The first-order chi connectivity index (χ1) is 12.4. The van der Waals surface area contributed by atoms with Crippen LogP contribution in [0.5, 0.6) is 0 Å². The Labute approximate surface area is 155 Å². The molecule has 0 radical (unpaired) electrons. The fraction of sp³-hybridized carbons (Fsp3) is 0.700. The molecule has 6 nitrogen and oxygen atoms in total. The van der Waals surface area contributed by atoms with Crippen LogP contribution in [0.1, 0.15) is 56.5 Å². The van der Waals surface area contributed by atoms with E-state index in [0.29, 0.717) is 18.9 Å². The largest absolute Gasteiger partial charge is 0.480 e. The molecule has 2 fully saturated rings. The highest BCUT2D eigenvalue weighted by molar-refractivity contribution is 5.82. The van der Waals surface area contributed by atoms with Crippen molar-refractivity contribution in [2.24, 2.45) is 5.41 Å². The summed E-state index contributed by atoms with van der Waals surface area (Å²) in [7, 11) is 0. The predicted octanol–water partition coefficient (Wildman–Crippen LogP) is 2.87. The number of aryl methyl sites for hydroxylation is 1. The van der Waals surface area contributed by atoms with Crippen molar-refractivity contribution in [2.75, 3.05) is 32.7 Å². The number of furan rings is 1. The lowest BCUT2D eigenvalue weighted by molar-refractivity contribution is -0.149. The van der Waals surface area contributed by atoms with Gasteiger partial charge in [-0.2, -0.15) is 0 Å². The molecule has 1 spiro atoms. The summed E-state index contributed by atoms with van der Waals surface area (Å²) in [5, 5.41) is 9.02. The second kappa shape index (κ2) is 7.82. The van der Waals surface area contributed by atoms with Crippen LogP contribution in [0.15, 0.2) is 16.5 Å². The molecule has 0 saturated carbocycles. The third-order valence-electron chi connectivity index (χ3n) is 6.12. The predicted molar refractivity (Wildman–Crippen MR) is 98.0 cm³/mol. The number of amides is 1. The summed E-state index contributed by atoms with van der Waals surface area (Å²) in [4.78, 5) is 27.0. The van der Waals surface area contributed by atoms with Crippen LogP contribution in [0.25, 0.3) is 0 Å². The van der Waals surface area contributed by atoms with Crippen LogP contribution in [0, 0.1) is 12.3 Å². The van der Waals surface area contributed by atoms with Gasteiger partial charge in [-0.25, -0.2) is 0 Å². The molecule has 2 aliphatic heterocycles. The van der Waals surface area contributed by atoms with Gasteiger partial charge in [-0.15, -0.1) is 0 Å². The van der Waals surface area contributed by atoms with Gasteiger partial charge in [-0.1, -0.05) is 6.92 Å². The van der Waals surface area contributed by atoms with E-state index in [9.17, 15) is 9.59 Å². The maximum Gasteiger partial charge on any atom is 0.323 e. The van der Waals surface area contributed by atoms with Gasteiger partial charge in [-0.3, -0.25) is 9.59 Å². The number of piperidine rings is 2. The molecule has 26 heavy (non-hydrogen) atoms. The number of carboxylic acids is 1. The first-order valence-corrected chi connectivity index (χ1v) is 9.65. The summed E-state index contributed by atoms with van der Waals surface area (Å²) in [5.41, 5.74) is 0.115. The normalized spacial score (nSPS) is 21.9. The van der Waals surface area contributed by atoms with Gasteiger partial charge in [0.05, 0.1) is 0 Å². The highest BCUT2D eigenvalue weighted by atomic mass is 16.4. The second-order valence-corrected chi connectivity index (χ2v) is 8.12. The van der Waals surface area contributed by atoms with E-state index in [0.717, 1.165) is 56.8 Å². The van der Waals surface area contributed by atoms with E-state index in [4.69, 9.17) is 9.52 Å². The number of aliphatic carboxylic acids is 1. The van der Waals surface area contributed by atoms with E-state index in [1.165, 1.54) is 0 Å². The molecule has 0 aromatic carbocycles. The summed E-state index contributed by atoms with van der Waals surface area (Å²) in [5.74, 6) is 1.51. The lowest BCUT2D eigenvalue weighted by Crippen LogP contribution is -2.52. The molecule has 144 valence electrons. The summed E-state index contributed by atoms with van der Waals surface area (Å²) in [6.45, 7) is 7.73. The number of rotatable bonds is 6. The van der Waals surface area contributed by atoms with E-state index in [1.807, 2.05) is 13.0 Å². The van der Waals surface area contributed by atoms with Crippen molar-refractivity contribution in [1.82, 2.24) is 9.80 Å². The summed E-state index contributed by atoms with van der Waals surface area (Å²) in [6, 6.07) is 4.09. The molecule has 2 aliphatic rings. The monoisotopic (exact) mass is 362 g/mol. The Morgan fingerprint density at radius 1 is 1.31 bits per heavy atom. The van der Waals surface area contributed by atoms with Crippen molar-refractivity contribution in [1.29, 1.82) is 0 Å². The van der Waals surface area contributed by atoms with Crippen LogP contribution in [-0.2, 0) is 9.59 Å². The van der Waals surface area contributed by atoms with Gasteiger partial charge in [0.25, 0.3) is 0 Å². The third-order valence-corrected chi connectivity index (χ3v) is 6.12. The lowest BCUT2D eigenvalue weighted by Gasteiger charge is -2.47. The third kappa shape index (κ3) is 4.47. The molecule has 3 heterocycles. The fourth-order valence-corrected chi connectivity index (χ4v) is 4.31. The Balaban J connectivity index is 1.47. The van der Waals surface area contributed by atoms with Crippen molar-refractivity contribution < 1.29 is 19.1 Å². The minimum Gasteiger partial charge on any atom is -0.480 e. The topological polar surface area (TPSA) is 74.0 Å². The maximum absolute atomic E-state index is 12.0. The molecule has 6 heteroatoms. The van der Waals surface area contributed by atoms with Crippen molar-refractivity contribution in [3.8, 4) is 0 Å². The van der Waals surface area contributed by atoms with Crippen LogP contribution in [-0.4, -0.2) is 59.5 Å². The number of nitrogens with zero attached hydrogens (tertiary/aromatic N) is 2. The first-order valence-electron chi connectivity index (χ1n) is 9.65. The van der Waals surface area contributed by atoms with E-state index in [2.05, 4.69) is 17.9 Å². The van der Waals surface area contributed by atoms with Crippen molar-refractivity contribution in [2.45, 2.75) is 51.9 Å². The number of carboxylic acid groups (broad SMARTS) is 1. The van der Waals surface area contributed by atoms with Crippen LogP contribution in [0.4, 0.5) is 0 Å². The number of hydrogen-bond donors (Lipinski definition) is 1. The highest BCUT2D eigenvalue weighted by Gasteiger charge is 2.41. The van der Waals surface area contributed by atoms with Gasteiger partial charge in [-0.05, 0) is 69.8 Å².